The van der Waals surface area contributed by atoms with Crippen LogP contribution in [0.25, 0.3) is 43.1 Å². The van der Waals surface area contributed by atoms with E-state index in [4.69, 9.17) is 20.4 Å². The summed E-state index contributed by atoms with van der Waals surface area (Å²) in [6.45, 7) is 18.4. The van der Waals surface area contributed by atoms with Gasteiger partial charge in [-0.15, -0.1) is 47.0 Å². The molecule has 8 aliphatic rings. The molecule has 21 heteroatoms. The third-order valence-corrected chi connectivity index (χ3v) is 27.2. The molecule has 0 amide bonds. The van der Waals surface area contributed by atoms with Crippen molar-refractivity contribution in [2.45, 2.75) is 145 Å². The van der Waals surface area contributed by atoms with Gasteiger partial charge in [0.25, 0.3) is 0 Å². The van der Waals surface area contributed by atoms with Crippen molar-refractivity contribution in [3.8, 4) is 0 Å². The third kappa shape index (κ3) is 23.9. The Bertz CT molecular complexity index is 4040. The van der Waals surface area contributed by atoms with Crippen molar-refractivity contribution in [1.82, 2.24) is 0 Å². The quantitative estimate of drug-likeness (QED) is 0.0516. The SMILES string of the molecule is C=C(C)C(=O)O.C=C(C)C(=O)O.C=C(C)C(=O)O.C=C(C)C(=O)O.O=C([O-])C1CC2CC(Sc3ccc4ccccc4c3)C1C2.O=C([O-])C1CC2CC(Sc3ccc4ccccc4c3)C1C2.O=C([O-])C1CC2CC(Sc3ccc4ccccc4c3)C1C2.O=C([O-])C1CC2CC(Sc3ccc4ccccc4c3)C1C2.[Hf+4]. The van der Waals surface area contributed by atoms with Crippen molar-refractivity contribution in [2.75, 3.05) is 0 Å². The molecule has 8 aliphatic carbocycles. The van der Waals surface area contributed by atoms with Crippen molar-refractivity contribution >= 4 is 138 Å². The van der Waals surface area contributed by atoms with Gasteiger partial charge >= 0.3 is 49.7 Å². The van der Waals surface area contributed by atoms with Crippen molar-refractivity contribution < 1.29 is 105 Å². The van der Waals surface area contributed by atoms with Crippen LogP contribution in [0.1, 0.15) is 105 Å². The molecule has 568 valence electrons. The van der Waals surface area contributed by atoms with Crippen molar-refractivity contribution in [3.05, 3.63) is 218 Å². The van der Waals surface area contributed by atoms with E-state index >= 15 is 0 Å². The smallest absolute Gasteiger partial charge is 0.550 e. The Morgan fingerprint density at radius 2 is 0.450 bits per heavy atom. The molecule has 16 atom stereocenters. The first-order valence-electron chi connectivity index (χ1n) is 36.4. The molecule has 8 aromatic rings. The number of carboxylic acids is 8. The Balaban J connectivity index is 0.000000166. The van der Waals surface area contributed by atoms with Gasteiger partial charge in [-0.05, 0) is 244 Å². The van der Waals surface area contributed by atoms with E-state index in [0.717, 1.165) is 77.0 Å². The van der Waals surface area contributed by atoms with Crippen molar-refractivity contribution in [1.29, 1.82) is 0 Å². The molecule has 0 aliphatic heterocycles. The van der Waals surface area contributed by atoms with E-state index in [9.17, 15) is 58.8 Å². The summed E-state index contributed by atoms with van der Waals surface area (Å²) in [6, 6.07) is 59.6. The zero-order chi connectivity index (χ0) is 78.2. The Hall–Kier alpha value is -8.21. The average molecular weight is 1710 g/mol. The number of carboxylic acid groups (broad SMARTS) is 8. The van der Waals surface area contributed by atoms with Crippen LogP contribution in [0, 0.1) is 71.0 Å². The Kier molecular flexibility index (Phi) is 31.8. The summed E-state index contributed by atoms with van der Waals surface area (Å²) < 4.78 is 0. The summed E-state index contributed by atoms with van der Waals surface area (Å²) in [4.78, 5) is 88.4. The van der Waals surface area contributed by atoms with Crippen LogP contribution in [0.15, 0.2) is 238 Å². The molecule has 8 aromatic carbocycles. The molecule has 8 fully saturated rings. The number of fused-ring (bicyclic) bond motifs is 12. The molecule has 16 rings (SSSR count). The second-order valence-corrected chi connectivity index (χ2v) is 34.9. The summed E-state index contributed by atoms with van der Waals surface area (Å²) in [5, 5.41) is 88.3. The Morgan fingerprint density at radius 1 is 0.284 bits per heavy atom. The van der Waals surface area contributed by atoms with E-state index < -0.39 is 47.8 Å². The van der Waals surface area contributed by atoms with Crippen LogP contribution in [0.4, 0.5) is 0 Å². The molecular formula is C88H92HfO16S4. The van der Waals surface area contributed by atoms with Crippen LogP contribution < -0.4 is 20.4 Å². The molecule has 0 radical (unpaired) electrons. The topological polar surface area (TPSA) is 310 Å². The van der Waals surface area contributed by atoms with Crippen LogP contribution in [-0.2, 0) is 64.2 Å². The summed E-state index contributed by atoms with van der Waals surface area (Å²) in [6.07, 6.45) is 12.3. The van der Waals surface area contributed by atoms with Crippen molar-refractivity contribution in [2.24, 2.45) is 71.0 Å². The van der Waals surface area contributed by atoms with E-state index in [1.165, 1.54) is 90.4 Å². The minimum atomic E-state index is -0.935. The molecule has 109 heavy (non-hydrogen) atoms. The minimum Gasteiger partial charge on any atom is -0.550 e. The van der Waals surface area contributed by atoms with Gasteiger partial charge < -0.3 is 60.0 Å². The number of aliphatic carboxylic acids is 8. The first kappa shape index (κ1) is 86.4. The number of hydrogen-bond acceptors (Lipinski definition) is 16. The number of carbonyl (C=O) groups excluding carboxylic acids is 4. The van der Waals surface area contributed by atoms with Gasteiger partial charge in [0.1, 0.15) is 0 Å². The summed E-state index contributed by atoms with van der Waals surface area (Å²) in [5.74, 6) is -4.41. The maximum Gasteiger partial charge on any atom is 4.00 e. The number of rotatable bonds is 16. The van der Waals surface area contributed by atoms with Gasteiger partial charge in [-0.3, -0.25) is 0 Å². The fraction of sp³-hybridized carbons (Fsp3) is 0.364. The van der Waals surface area contributed by atoms with E-state index in [-0.39, 0.29) is 71.8 Å². The normalized spacial score (nSPS) is 25.4. The zero-order valence-corrected chi connectivity index (χ0v) is 68.4. The van der Waals surface area contributed by atoms with Crippen LogP contribution >= 0.6 is 47.0 Å². The average Bonchev–Trinajstić information content (AvgIpc) is 1.66. The second kappa shape index (κ2) is 40.1. The van der Waals surface area contributed by atoms with Gasteiger partial charge in [0.05, 0.1) is 0 Å². The maximum atomic E-state index is 11.2. The molecule has 0 aromatic heterocycles. The third-order valence-electron chi connectivity index (χ3n) is 21.7. The number of hydrogen-bond donors (Lipinski definition) is 4. The Labute approximate surface area is 672 Å². The number of carbonyl (C=O) groups is 8. The van der Waals surface area contributed by atoms with Gasteiger partial charge in [-0.2, -0.15) is 0 Å². The van der Waals surface area contributed by atoms with Crippen molar-refractivity contribution in [3.63, 3.8) is 0 Å². The fourth-order valence-corrected chi connectivity index (χ4v) is 22.6. The molecule has 8 saturated carbocycles. The standard InChI is InChI=1S/4C18H18O2S.4C4H6O2.Hf/c4*19-18(20)16-8-11-7-15(16)17(9-11)21-14-6-5-12-3-1-2-4-13(12)10-14;4*1-3(2)4(5)6;/h4*1-6,10-11,15-17H,7-9H2,(H,19,20);4*1H2,2H3,(H,5,6);/q;;;;;;;;+4/p-4. The molecule has 16 unspecified atom stereocenters. The largest absolute Gasteiger partial charge is 4.00 e. The van der Waals surface area contributed by atoms with Gasteiger partial charge in [0, 0.05) is 110 Å². The molecule has 16 nitrogen and oxygen atoms in total. The molecule has 0 heterocycles. The number of benzene rings is 8. The zero-order valence-electron chi connectivity index (χ0n) is 61.5. The predicted octanol–water partition coefficient (Wildman–Crippen LogP) is 15.0. The number of thioether (sulfide) groups is 4. The van der Waals surface area contributed by atoms with Crippen LogP contribution in [0.3, 0.4) is 0 Å². The van der Waals surface area contributed by atoms with Gasteiger partial charge in [-0.25, -0.2) is 19.2 Å². The summed E-state index contributed by atoms with van der Waals surface area (Å²) >= 11 is 7.44. The summed E-state index contributed by atoms with van der Waals surface area (Å²) in [7, 11) is 0. The van der Waals surface area contributed by atoms with Gasteiger partial charge in [0.15, 0.2) is 0 Å². The molecule has 0 saturated heterocycles. The monoisotopic (exact) mass is 1710 g/mol. The van der Waals surface area contributed by atoms with Crippen LogP contribution in [0.2, 0.25) is 0 Å². The predicted molar refractivity (Wildman–Crippen MR) is 421 cm³/mol. The fourth-order valence-electron chi connectivity index (χ4n) is 16.4. The van der Waals surface area contributed by atoms with E-state index in [1.807, 2.05) is 47.0 Å². The van der Waals surface area contributed by atoms with Crippen LogP contribution in [0.5, 0.6) is 0 Å². The van der Waals surface area contributed by atoms with Gasteiger partial charge in [-0.1, -0.05) is 148 Å². The molecule has 0 spiro atoms. The first-order chi connectivity index (χ1) is 51.4. The van der Waals surface area contributed by atoms with Gasteiger partial charge in [0.2, 0.25) is 0 Å². The van der Waals surface area contributed by atoms with E-state index in [1.54, 1.807) is 0 Å². The molecule has 8 bridgehead atoms. The first-order valence-corrected chi connectivity index (χ1v) is 39.9. The van der Waals surface area contributed by atoms with E-state index in [0.29, 0.717) is 68.3 Å². The molecular weight excluding hydrogens is 1620 g/mol. The molecule has 4 N–H and O–H groups in total. The summed E-state index contributed by atoms with van der Waals surface area (Å²) in [5.41, 5.74) is 0.704. The minimum absolute atomic E-state index is 0. The Morgan fingerprint density at radius 3 is 0.596 bits per heavy atom. The maximum absolute atomic E-state index is 11.2. The van der Waals surface area contributed by atoms with Crippen LogP contribution in [-0.4, -0.2) is 89.2 Å². The second-order valence-electron chi connectivity index (χ2n) is 29.7. The van der Waals surface area contributed by atoms with E-state index in [2.05, 4.69) is 196 Å².